The summed E-state index contributed by atoms with van der Waals surface area (Å²) in [7, 11) is 0. The molecule has 1 aliphatic heterocycles. The highest BCUT2D eigenvalue weighted by Crippen LogP contribution is 2.35. The molecule has 0 aromatic heterocycles. The second kappa shape index (κ2) is 5.57. The Hall–Kier alpha value is -2.15. The number of rotatable bonds is 4. The molecule has 7 nitrogen and oxygen atoms in total. The largest absolute Gasteiger partial charge is 0.329 e. The molecule has 1 N–H and O–H groups in total. The molecule has 2 rings (SSSR count). The van der Waals surface area contributed by atoms with Crippen molar-refractivity contribution in [2.75, 3.05) is 4.90 Å². The average Bonchev–Trinajstić information content (AvgIpc) is 2.59. The summed E-state index contributed by atoms with van der Waals surface area (Å²) < 4.78 is 0. The highest BCUT2D eigenvalue weighted by Gasteiger charge is 2.49. The fourth-order valence-electron chi connectivity index (χ4n) is 2.65. The Labute approximate surface area is 132 Å². The minimum absolute atomic E-state index is 0.0218. The maximum Gasteiger partial charge on any atom is 0.329 e. The topological polar surface area (TPSA) is 92.6 Å². The van der Waals surface area contributed by atoms with Crippen LogP contribution in [0.2, 0.25) is 5.02 Å². The van der Waals surface area contributed by atoms with Crippen LogP contribution in [0.4, 0.5) is 16.2 Å². The van der Waals surface area contributed by atoms with Gasteiger partial charge >= 0.3 is 6.03 Å². The number of hydrogen-bond donors (Lipinski definition) is 1. The summed E-state index contributed by atoms with van der Waals surface area (Å²) in [5, 5.41) is 13.4. The number of imide groups is 1. The molecule has 1 aromatic rings. The first-order valence-electron chi connectivity index (χ1n) is 6.76. The summed E-state index contributed by atoms with van der Waals surface area (Å²) >= 11 is 6.00. The van der Waals surface area contributed by atoms with Gasteiger partial charge < -0.3 is 5.32 Å². The molecule has 0 aliphatic carbocycles. The van der Waals surface area contributed by atoms with E-state index in [1.54, 1.807) is 6.92 Å². The molecular formula is C14H16ClN3O4. The van der Waals surface area contributed by atoms with E-state index >= 15 is 0 Å². The molecule has 1 fully saturated rings. The zero-order valence-corrected chi connectivity index (χ0v) is 13.2. The van der Waals surface area contributed by atoms with Gasteiger partial charge in [0.2, 0.25) is 0 Å². The Bertz CT molecular complexity index is 661. The number of halogens is 1. The van der Waals surface area contributed by atoms with E-state index in [0.29, 0.717) is 6.42 Å². The summed E-state index contributed by atoms with van der Waals surface area (Å²) in [6.07, 6.45) is 0.485. The van der Waals surface area contributed by atoms with Crippen LogP contribution < -0.4 is 10.2 Å². The molecule has 1 unspecified atom stereocenters. The Morgan fingerprint density at radius 1 is 1.41 bits per heavy atom. The SMILES string of the molecule is CC(C)CC1(C)NC(=O)N(c2ccc([N+](=O)[O-])cc2Cl)C1=O. The molecule has 0 saturated carbocycles. The maximum atomic E-state index is 12.6. The van der Waals surface area contributed by atoms with E-state index in [0.717, 1.165) is 11.0 Å². The highest BCUT2D eigenvalue weighted by atomic mass is 35.5. The van der Waals surface area contributed by atoms with E-state index in [2.05, 4.69) is 5.32 Å². The maximum absolute atomic E-state index is 12.6. The lowest BCUT2D eigenvalue weighted by Crippen LogP contribution is -2.45. The lowest BCUT2D eigenvalue weighted by molar-refractivity contribution is -0.384. The molecule has 3 amide bonds. The number of carbonyl (C=O) groups excluding carboxylic acids is 2. The fraction of sp³-hybridized carbons (Fsp3) is 0.429. The monoisotopic (exact) mass is 325 g/mol. The van der Waals surface area contributed by atoms with Gasteiger partial charge in [-0.1, -0.05) is 25.4 Å². The van der Waals surface area contributed by atoms with Crippen molar-refractivity contribution < 1.29 is 14.5 Å². The lowest BCUT2D eigenvalue weighted by atomic mass is 9.91. The molecular weight excluding hydrogens is 310 g/mol. The predicted molar refractivity (Wildman–Crippen MR) is 82.0 cm³/mol. The second-order valence-electron chi connectivity index (χ2n) is 5.89. The van der Waals surface area contributed by atoms with Gasteiger partial charge in [-0.2, -0.15) is 0 Å². The van der Waals surface area contributed by atoms with Crippen molar-refractivity contribution in [1.82, 2.24) is 5.32 Å². The van der Waals surface area contributed by atoms with Crippen LogP contribution in [-0.4, -0.2) is 22.4 Å². The Kier molecular flexibility index (Phi) is 4.10. The van der Waals surface area contributed by atoms with Crippen LogP contribution in [0.25, 0.3) is 0 Å². The third-order valence-electron chi connectivity index (χ3n) is 3.46. The van der Waals surface area contributed by atoms with Crippen molar-refractivity contribution in [3.05, 3.63) is 33.3 Å². The Balaban J connectivity index is 2.39. The van der Waals surface area contributed by atoms with Crippen LogP contribution >= 0.6 is 11.6 Å². The van der Waals surface area contributed by atoms with Crippen LogP contribution in [0.5, 0.6) is 0 Å². The van der Waals surface area contributed by atoms with Crippen LogP contribution in [0, 0.1) is 16.0 Å². The molecule has 1 heterocycles. The molecule has 118 valence electrons. The minimum Gasteiger partial charge on any atom is -0.323 e. The molecule has 0 radical (unpaired) electrons. The molecule has 22 heavy (non-hydrogen) atoms. The number of benzene rings is 1. The van der Waals surface area contributed by atoms with Crippen LogP contribution in [0.3, 0.4) is 0 Å². The first-order valence-corrected chi connectivity index (χ1v) is 7.14. The van der Waals surface area contributed by atoms with Gasteiger partial charge in [-0.25, -0.2) is 9.69 Å². The molecule has 1 aromatic carbocycles. The predicted octanol–water partition coefficient (Wildman–Crippen LogP) is 3.11. The summed E-state index contributed by atoms with van der Waals surface area (Å²) in [6, 6.07) is 3.05. The molecule has 0 spiro atoms. The molecule has 8 heteroatoms. The van der Waals surface area contributed by atoms with Crippen molar-refractivity contribution >= 4 is 34.9 Å². The fourth-order valence-corrected chi connectivity index (χ4v) is 2.91. The smallest absolute Gasteiger partial charge is 0.323 e. The zero-order chi connectivity index (χ0) is 16.7. The lowest BCUT2D eigenvalue weighted by Gasteiger charge is -2.23. The van der Waals surface area contributed by atoms with Gasteiger partial charge in [-0.15, -0.1) is 0 Å². The van der Waals surface area contributed by atoms with Crippen LogP contribution in [0.15, 0.2) is 18.2 Å². The van der Waals surface area contributed by atoms with E-state index in [9.17, 15) is 19.7 Å². The molecule has 1 atom stereocenters. The van der Waals surface area contributed by atoms with Gasteiger partial charge in [0.15, 0.2) is 0 Å². The van der Waals surface area contributed by atoms with E-state index in [1.807, 2.05) is 13.8 Å². The number of nitro benzene ring substituents is 1. The number of urea groups is 1. The van der Waals surface area contributed by atoms with E-state index < -0.39 is 22.4 Å². The number of nitrogens with one attached hydrogen (secondary N) is 1. The number of nitro groups is 1. The number of nitrogens with zero attached hydrogens (tertiary/aromatic N) is 2. The van der Waals surface area contributed by atoms with Crippen molar-refractivity contribution in [3.8, 4) is 0 Å². The van der Waals surface area contributed by atoms with E-state index in [1.165, 1.54) is 12.1 Å². The van der Waals surface area contributed by atoms with Crippen molar-refractivity contribution in [1.29, 1.82) is 0 Å². The number of non-ortho nitro benzene ring substituents is 1. The quantitative estimate of drug-likeness (QED) is 0.523. The second-order valence-corrected chi connectivity index (χ2v) is 6.30. The standard InChI is InChI=1S/C14H16ClN3O4/c1-8(2)7-14(3)12(19)17(13(20)16-14)11-5-4-9(18(21)22)6-10(11)15/h4-6,8H,7H2,1-3H3,(H,16,20). The third-order valence-corrected chi connectivity index (χ3v) is 3.76. The Morgan fingerprint density at radius 2 is 2.05 bits per heavy atom. The zero-order valence-electron chi connectivity index (χ0n) is 12.4. The minimum atomic E-state index is -1.00. The average molecular weight is 326 g/mol. The number of anilines is 1. The number of amides is 3. The normalized spacial score (nSPS) is 21.4. The van der Waals surface area contributed by atoms with Gasteiger partial charge in [-0.3, -0.25) is 14.9 Å². The van der Waals surface area contributed by atoms with Crippen LogP contribution in [0.1, 0.15) is 27.2 Å². The number of hydrogen-bond acceptors (Lipinski definition) is 4. The molecule has 0 bridgehead atoms. The Morgan fingerprint density at radius 3 is 2.55 bits per heavy atom. The first kappa shape index (κ1) is 16.2. The highest BCUT2D eigenvalue weighted by molar-refractivity contribution is 6.36. The number of carbonyl (C=O) groups is 2. The van der Waals surface area contributed by atoms with Gasteiger partial charge in [-0.05, 0) is 25.3 Å². The summed E-state index contributed by atoms with van der Waals surface area (Å²) in [5.41, 5.74) is -1.07. The van der Waals surface area contributed by atoms with Crippen molar-refractivity contribution in [2.45, 2.75) is 32.7 Å². The first-order chi connectivity index (χ1) is 10.2. The molecule has 1 aliphatic rings. The van der Waals surface area contributed by atoms with Gasteiger partial charge in [0.1, 0.15) is 5.54 Å². The molecule has 1 saturated heterocycles. The third kappa shape index (κ3) is 2.76. The summed E-state index contributed by atoms with van der Waals surface area (Å²) in [6.45, 7) is 5.56. The van der Waals surface area contributed by atoms with Crippen molar-refractivity contribution in [2.24, 2.45) is 5.92 Å². The van der Waals surface area contributed by atoms with Gasteiger partial charge in [0.05, 0.1) is 15.6 Å². The van der Waals surface area contributed by atoms with Gasteiger partial charge in [0, 0.05) is 12.1 Å². The van der Waals surface area contributed by atoms with E-state index in [-0.39, 0.29) is 22.3 Å². The van der Waals surface area contributed by atoms with E-state index in [4.69, 9.17) is 11.6 Å². The summed E-state index contributed by atoms with van der Waals surface area (Å²) in [5.74, 6) is -0.205. The van der Waals surface area contributed by atoms with Crippen LogP contribution in [-0.2, 0) is 4.79 Å². The van der Waals surface area contributed by atoms with Crippen molar-refractivity contribution in [3.63, 3.8) is 0 Å². The van der Waals surface area contributed by atoms with Gasteiger partial charge in [0.25, 0.3) is 11.6 Å². The summed E-state index contributed by atoms with van der Waals surface area (Å²) in [4.78, 5) is 35.8.